The molecule has 1 amide bonds. The molecule has 0 bridgehead atoms. The van der Waals surface area contributed by atoms with Crippen molar-refractivity contribution >= 4 is 17.5 Å². The molecule has 2 aromatic carbocycles. The van der Waals surface area contributed by atoms with Crippen molar-refractivity contribution < 1.29 is 14.3 Å². The first-order valence-corrected chi connectivity index (χ1v) is 10.8. The van der Waals surface area contributed by atoms with Gasteiger partial charge < -0.3 is 14.8 Å². The molecule has 0 aliphatic heterocycles. The molecular formula is C24H28ClN3O3. The van der Waals surface area contributed by atoms with Crippen molar-refractivity contribution in [2.75, 3.05) is 13.2 Å². The highest BCUT2D eigenvalue weighted by atomic mass is 35.5. The van der Waals surface area contributed by atoms with E-state index in [1.807, 2.05) is 69.3 Å². The maximum atomic E-state index is 13.0. The van der Waals surface area contributed by atoms with Crippen LogP contribution in [0.2, 0.25) is 5.15 Å². The molecule has 1 atom stereocenters. The van der Waals surface area contributed by atoms with Gasteiger partial charge in [0, 0.05) is 0 Å². The van der Waals surface area contributed by atoms with Crippen LogP contribution in [-0.4, -0.2) is 28.9 Å². The molecule has 0 aliphatic rings. The number of rotatable bonds is 9. The van der Waals surface area contributed by atoms with Crippen molar-refractivity contribution in [3.63, 3.8) is 0 Å². The fraction of sp³-hybridized carbons (Fsp3) is 0.333. The maximum Gasteiger partial charge on any atom is 0.256 e. The molecule has 0 aliphatic carbocycles. The van der Waals surface area contributed by atoms with Gasteiger partial charge in [0.15, 0.2) is 11.5 Å². The number of amides is 1. The highest BCUT2D eigenvalue weighted by molar-refractivity contribution is 6.33. The Morgan fingerprint density at radius 3 is 2.45 bits per heavy atom. The summed E-state index contributed by atoms with van der Waals surface area (Å²) in [6, 6.07) is 15.3. The lowest BCUT2D eigenvalue weighted by atomic mass is 10.1. The smallest absolute Gasteiger partial charge is 0.256 e. The fourth-order valence-electron chi connectivity index (χ4n) is 3.36. The minimum atomic E-state index is -0.263. The Morgan fingerprint density at radius 1 is 1.10 bits per heavy atom. The molecule has 1 unspecified atom stereocenters. The molecule has 3 rings (SSSR count). The molecule has 1 heterocycles. The zero-order valence-electron chi connectivity index (χ0n) is 18.3. The van der Waals surface area contributed by atoms with Gasteiger partial charge in [-0.3, -0.25) is 4.79 Å². The van der Waals surface area contributed by atoms with E-state index < -0.39 is 0 Å². The summed E-state index contributed by atoms with van der Waals surface area (Å²) in [4.78, 5) is 13.0. The van der Waals surface area contributed by atoms with E-state index >= 15 is 0 Å². The summed E-state index contributed by atoms with van der Waals surface area (Å²) in [5, 5.41) is 7.81. The monoisotopic (exact) mass is 441 g/mol. The van der Waals surface area contributed by atoms with Gasteiger partial charge >= 0.3 is 0 Å². The first-order chi connectivity index (χ1) is 14.9. The number of hydrogen-bond acceptors (Lipinski definition) is 4. The lowest BCUT2D eigenvalue weighted by Crippen LogP contribution is -2.27. The Kier molecular flexibility index (Phi) is 7.58. The summed E-state index contributed by atoms with van der Waals surface area (Å²) in [6.07, 6.45) is 0. The van der Waals surface area contributed by atoms with Crippen LogP contribution in [-0.2, 0) is 6.54 Å². The molecule has 0 fully saturated rings. The van der Waals surface area contributed by atoms with Crippen LogP contribution < -0.4 is 14.8 Å². The van der Waals surface area contributed by atoms with Crippen LogP contribution in [0.15, 0.2) is 48.5 Å². The van der Waals surface area contributed by atoms with Crippen LogP contribution in [0.3, 0.4) is 0 Å². The molecule has 1 N–H and O–H groups in total. The molecule has 164 valence electrons. The Bertz CT molecular complexity index is 1030. The molecule has 1 aromatic heterocycles. The van der Waals surface area contributed by atoms with Gasteiger partial charge in [0.25, 0.3) is 5.91 Å². The minimum Gasteiger partial charge on any atom is -0.490 e. The van der Waals surface area contributed by atoms with Gasteiger partial charge in [-0.25, -0.2) is 4.68 Å². The highest BCUT2D eigenvalue weighted by Crippen LogP contribution is 2.31. The third-order valence-electron chi connectivity index (χ3n) is 4.88. The Balaban J connectivity index is 1.77. The normalized spacial score (nSPS) is 11.8. The number of nitrogens with one attached hydrogen (secondary N) is 1. The molecule has 7 heteroatoms. The number of carbonyl (C=O) groups excluding carboxylic acids is 1. The average molecular weight is 442 g/mol. The predicted octanol–water partition coefficient (Wildman–Crippen LogP) is 5.18. The number of halogens is 1. The standard InChI is InChI=1S/C24H28ClN3O3/c1-5-30-20-13-12-19(14-21(20)31-6-2)16(3)26-24(29)22-17(4)27-28(23(22)25)15-18-10-8-7-9-11-18/h7-14,16H,5-6,15H2,1-4H3,(H,26,29). The van der Waals surface area contributed by atoms with E-state index in [-0.39, 0.29) is 11.9 Å². The molecule has 0 radical (unpaired) electrons. The third-order valence-corrected chi connectivity index (χ3v) is 5.27. The van der Waals surface area contributed by atoms with Crippen LogP contribution >= 0.6 is 11.6 Å². The summed E-state index contributed by atoms with van der Waals surface area (Å²) in [6.45, 7) is 9.13. The van der Waals surface area contributed by atoms with Crippen LogP contribution in [0, 0.1) is 6.92 Å². The van der Waals surface area contributed by atoms with Gasteiger partial charge in [-0.05, 0) is 51.0 Å². The number of hydrogen-bond donors (Lipinski definition) is 1. The summed E-state index contributed by atoms with van der Waals surface area (Å²) < 4.78 is 13.0. The topological polar surface area (TPSA) is 65.4 Å². The van der Waals surface area contributed by atoms with E-state index in [0.29, 0.717) is 47.7 Å². The molecule has 3 aromatic rings. The van der Waals surface area contributed by atoms with E-state index in [0.717, 1.165) is 11.1 Å². The van der Waals surface area contributed by atoms with E-state index in [2.05, 4.69) is 10.4 Å². The second-order valence-corrected chi connectivity index (χ2v) is 7.52. The molecule has 0 spiro atoms. The van der Waals surface area contributed by atoms with E-state index in [9.17, 15) is 4.79 Å². The quantitative estimate of drug-likeness (QED) is 0.496. The van der Waals surface area contributed by atoms with Gasteiger partial charge in [0.1, 0.15) is 5.15 Å². The second-order valence-electron chi connectivity index (χ2n) is 7.16. The van der Waals surface area contributed by atoms with Crippen molar-refractivity contribution in [1.82, 2.24) is 15.1 Å². The number of aryl methyl sites for hydroxylation is 1. The predicted molar refractivity (Wildman–Crippen MR) is 122 cm³/mol. The number of benzene rings is 2. The summed E-state index contributed by atoms with van der Waals surface area (Å²) in [7, 11) is 0. The highest BCUT2D eigenvalue weighted by Gasteiger charge is 2.22. The molecule has 6 nitrogen and oxygen atoms in total. The van der Waals surface area contributed by atoms with Gasteiger partial charge in [0.2, 0.25) is 0 Å². The summed E-state index contributed by atoms with van der Waals surface area (Å²) >= 11 is 6.53. The largest absolute Gasteiger partial charge is 0.490 e. The van der Waals surface area contributed by atoms with E-state index in [4.69, 9.17) is 21.1 Å². The molecule has 31 heavy (non-hydrogen) atoms. The zero-order valence-corrected chi connectivity index (χ0v) is 19.1. The number of aromatic nitrogens is 2. The van der Waals surface area contributed by atoms with Crippen LogP contribution in [0.4, 0.5) is 0 Å². The third kappa shape index (κ3) is 5.39. The lowest BCUT2D eigenvalue weighted by Gasteiger charge is -2.17. The SMILES string of the molecule is CCOc1ccc(C(C)NC(=O)c2c(C)nn(Cc3ccccc3)c2Cl)cc1OCC. The second kappa shape index (κ2) is 10.4. The van der Waals surface area contributed by atoms with Crippen molar-refractivity contribution in [1.29, 1.82) is 0 Å². The lowest BCUT2D eigenvalue weighted by molar-refractivity contribution is 0.0939. The number of carbonyl (C=O) groups is 1. The van der Waals surface area contributed by atoms with Crippen LogP contribution in [0.1, 0.15) is 54.0 Å². The Hall–Kier alpha value is -2.99. The van der Waals surface area contributed by atoms with Crippen LogP contribution in [0.25, 0.3) is 0 Å². The summed E-state index contributed by atoms with van der Waals surface area (Å²) in [5.74, 6) is 1.08. The first-order valence-electron chi connectivity index (χ1n) is 10.4. The average Bonchev–Trinajstić information content (AvgIpc) is 3.03. The molecule has 0 saturated carbocycles. The minimum absolute atomic E-state index is 0.254. The first kappa shape index (κ1) is 22.7. The van der Waals surface area contributed by atoms with Crippen molar-refractivity contribution in [3.8, 4) is 11.5 Å². The number of nitrogens with zero attached hydrogens (tertiary/aromatic N) is 2. The maximum absolute atomic E-state index is 13.0. The van der Waals surface area contributed by atoms with Gasteiger partial charge in [-0.15, -0.1) is 0 Å². The van der Waals surface area contributed by atoms with E-state index in [1.165, 1.54) is 0 Å². The van der Waals surface area contributed by atoms with Gasteiger partial charge in [0.05, 0.1) is 37.1 Å². The van der Waals surface area contributed by atoms with Gasteiger partial charge in [-0.2, -0.15) is 5.10 Å². The fourth-order valence-corrected chi connectivity index (χ4v) is 3.68. The number of ether oxygens (including phenoxy) is 2. The molecular weight excluding hydrogens is 414 g/mol. The zero-order chi connectivity index (χ0) is 22.4. The van der Waals surface area contributed by atoms with E-state index in [1.54, 1.807) is 11.6 Å². The Labute approximate surface area is 188 Å². The van der Waals surface area contributed by atoms with Crippen molar-refractivity contribution in [2.45, 2.75) is 40.3 Å². The van der Waals surface area contributed by atoms with Gasteiger partial charge in [-0.1, -0.05) is 48.0 Å². The molecule has 0 saturated heterocycles. The van der Waals surface area contributed by atoms with Crippen molar-refractivity contribution in [3.05, 3.63) is 76.1 Å². The van der Waals surface area contributed by atoms with Crippen molar-refractivity contribution in [2.24, 2.45) is 0 Å². The summed E-state index contributed by atoms with van der Waals surface area (Å²) in [5.41, 5.74) is 2.95. The van der Waals surface area contributed by atoms with Crippen LogP contribution in [0.5, 0.6) is 11.5 Å². The Morgan fingerprint density at radius 2 is 1.77 bits per heavy atom.